The Morgan fingerprint density at radius 1 is 0.939 bits per heavy atom. The molecule has 3 aromatic carbocycles. The summed E-state index contributed by atoms with van der Waals surface area (Å²) in [6.07, 6.45) is 3.44. The first-order valence-electron chi connectivity index (χ1n) is 10.9. The molecule has 0 bridgehead atoms. The van der Waals surface area contributed by atoms with Gasteiger partial charge in [-0.15, -0.1) is 0 Å². The lowest BCUT2D eigenvalue weighted by Crippen LogP contribution is -2.32. The number of aromatic nitrogens is 2. The van der Waals surface area contributed by atoms with E-state index in [1.165, 1.54) is 17.7 Å². The molecule has 0 fully saturated rings. The van der Waals surface area contributed by atoms with Crippen LogP contribution in [0.4, 0.5) is 15.9 Å². The maximum atomic E-state index is 13.2. The van der Waals surface area contributed by atoms with Crippen molar-refractivity contribution in [3.8, 4) is 11.4 Å². The summed E-state index contributed by atoms with van der Waals surface area (Å²) in [5.41, 5.74) is 3.39. The lowest BCUT2D eigenvalue weighted by atomic mass is 10.1. The van der Waals surface area contributed by atoms with Gasteiger partial charge in [0.15, 0.2) is 5.82 Å². The number of aryl methyl sites for hydroxylation is 1. The molecule has 1 atom stereocenters. The number of anilines is 2. The largest absolute Gasteiger partial charge is 0.350 e. The number of rotatable bonds is 8. The molecule has 1 amide bonds. The number of nitrogens with one attached hydrogen (secondary N) is 2. The molecular weight excluding hydrogens is 415 g/mol. The van der Waals surface area contributed by atoms with Crippen molar-refractivity contribution in [1.82, 2.24) is 15.3 Å². The zero-order valence-corrected chi connectivity index (χ0v) is 18.3. The van der Waals surface area contributed by atoms with E-state index in [0.29, 0.717) is 17.2 Å². The summed E-state index contributed by atoms with van der Waals surface area (Å²) in [7, 11) is 0. The summed E-state index contributed by atoms with van der Waals surface area (Å²) in [5, 5.41) is 6.27. The smallest absolute Gasteiger partial charge is 0.251 e. The standard InChI is InChI=1S/C27H25FN4O/c1-19(7-8-20-5-3-2-4-6-20)30-27(33)22-11-15-24(16-12-22)31-25-17-18-29-26(32-25)21-9-13-23(28)14-10-21/h2-6,9-19H,7-8H2,1H3,(H,30,33)(H,29,31,32)/t19-/m1/s1. The maximum absolute atomic E-state index is 13.2. The van der Waals surface area contributed by atoms with Gasteiger partial charge < -0.3 is 10.6 Å². The topological polar surface area (TPSA) is 66.9 Å². The molecule has 0 aliphatic rings. The Balaban J connectivity index is 1.34. The van der Waals surface area contributed by atoms with Gasteiger partial charge in [-0.05, 0) is 79.9 Å². The summed E-state index contributed by atoms with van der Waals surface area (Å²) in [6, 6.07) is 25.4. The van der Waals surface area contributed by atoms with E-state index in [9.17, 15) is 9.18 Å². The Morgan fingerprint density at radius 2 is 1.67 bits per heavy atom. The lowest BCUT2D eigenvalue weighted by molar-refractivity contribution is 0.0938. The van der Waals surface area contributed by atoms with Crippen LogP contribution >= 0.6 is 0 Å². The SMILES string of the molecule is C[C@H](CCc1ccccc1)NC(=O)c1ccc(Nc2ccnc(-c3ccc(F)cc3)n2)cc1. The third-order valence-electron chi connectivity index (χ3n) is 5.26. The molecule has 0 spiro atoms. The van der Waals surface area contributed by atoms with Crippen LogP contribution in [-0.2, 0) is 6.42 Å². The molecule has 5 nitrogen and oxygen atoms in total. The van der Waals surface area contributed by atoms with Gasteiger partial charge in [0.05, 0.1) is 0 Å². The van der Waals surface area contributed by atoms with Crippen molar-refractivity contribution >= 4 is 17.4 Å². The highest BCUT2D eigenvalue weighted by molar-refractivity contribution is 5.94. The molecular formula is C27H25FN4O. The summed E-state index contributed by atoms with van der Waals surface area (Å²) >= 11 is 0. The van der Waals surface area contributed by atoms with E-state index in [0.717, 1.165) is 24.1 Å². The molecule has 0 saturated carbocycles. The van der Waals surface area contributed by atoms with Crippen molar-refractivity contribution in [3.05, 3.63) is 108 Å². The second kappa shape index (κ2) is 10.5. The number of carbonyl (C=O) groups excluding carboxylic acids is 1. The second-order valence-corrected chi connectivity index (χ2v) is 7.87. The van der Waals surface area contributed by atoms with E-state index in [-0.39, 0.29) is 17.8 Å². The van der Waals surface area contributed by atoms with Gasteiger partial charge in [0.1, 0.15) is 11.6 Å². The van der Waals surface area contributed by atoms with Crippen LogP contribution in [0.2, 0.25) is 0 Å². The average Bonchev–Trinajstić information content (AvgIpc) is 2.84. The zero-order chi connectivity index (χ0) is 23.0. The van der Waals surface area contributed by atoms with Gasteiger partial charge in [-0.3, -0.25) is 4.79 Å². The molecule has 4 aromatic rings. The van der Waals surface area contributed by atoms with E-state index < -0.39 is 0 Å². The number of carbonyl (C=O) groups is 1. The van der Waals surface area contributed by atoms with E-state index in [4.69, 9.17) is 0 Å². The highest BCUT2D eigenvalue weighted by atomic mass is 19.1. The van der Waals surface area contributed by atoms with Crippen molar-refractivity contribution in [2.45, 2.75) is 25.8 Å². The molecule has 6 heteroatoms. The Bertz CT molecular complexity index is 1190. The Hall–Kier alpha value is -4.06. The van der Waals surface area contributed by atoms with Gasteiger partial charge in [-0.1, -0.05) is 30.3 Å². The van der Waals surface area contributed by atoms with Crippen LogP contribution < -0.4 is 10.6 Å². The molecule has 0 aliphatic carbocycles. The van der Waals surface area contributed by atoms with Crippen molar-refractivity contribution in [1.29, 1.82) is 0 Å². The van der Waals surface area contributed by atoms with Crippen LogP contribution in [0.15, 0.2) is 91.1 Å². The third-order valence-corrected chi connectivity index (χ3v) is 5.26. The van der Waals surface area contributed by atoms with Gasteiger partial charge in [-0.2, -0.15) is 0 Å². The normalized spacial score (nSPS) is 11.6. The van der Waals surface area contributed by atoms with Crippen molar-refractivity contribution in [2.24, 2.45) is 0 Å². The number of nitrogens with zero attached hydrogens (tertiary/aromatic N) is 2. The van der Waals surface area contributed by atoms with Crippen LogP contribution in [0.25, 0.3) is 11.4 Å². The van der Waals surface area contributed by atoms with Crippen LogP contribution in [-0.4, -0.2) is 21.9 Å². The number of hydrogen-bond acceptors (Lipinski definition) is 4. The molecule has 166 valence electrons. The van der Waals surface area contributed by atoms with Crippen LogP contribution in [0.3, 0.4) is 0 Å². The minimum absolute atomic E-state index is 0.0707. The van der Waals surface area contributed by atoms with Crippen molar-refractivity contribution in [3.63, 3.8) is 0 Å². The third kappa shape index (κ3) is 6.23. The molecule has 1 aromatic heterocycles. The minimum Gasteiger partial charge on any atom is -0.350 e. The van der Waals surface area contributed by atoms with E-state index in [1.54, 1.807) is 36.5 Å². The first kappa shape index (κ1) is 22.1. The van der Waals surface area contributed by atoms with Crippen LogP contribution in [0, 0.1) is 5.82 Å². The van der Waals surface area contributed by atoms with Gasteiger partial charge in [0.25, 0.3) is 5.91 Å². The molecule has 4 rings (SSSR count). The van der Waals surface area contributed by atoms with E-state index >= 15 is 0 Å². The fraction of sp³-hybridized carbons (Fsp3) is 0.148. The van der Waals surface area contributed by atoms with E-state index in [2.05, 4.69) is 32.7 Å². The fourth-order valence-electron chi connectivity index (χ4n) is 3.43. The van der Waals surface area contributed by atoms with Gasteiger partial charge in [-0.25, -0.2) is 14.4 Å². The summed E-state index contributed by atoms with van der Waals surface area (Å²) in [5.74, 6) is 0.710. The first-order chi connectivity index (χ1) is 16.1. The summed E-state index contributed by atoms with van der Waals surface area (Å²) in [6.45, 7) is 2.02. The van der Waals surface area contributed by atoms with Gasteiger partial charge in [0, 0.05) is 29.1 Å². The molecule has 0 saturated heterocycles. The fourth-order valence-corrected chi connectivity index (χ4v) is 3.43. The Kier molecular flexibility index (Phi) is 7.05. The van der Waals surface area contributed by atoms with Crippen LogP contribution in [0.1, 0.15) is 29.3 Å². The maximum Gasteiger partial charge on any atom is 0.251 e. The molecule has 0 radical (unpaired) electrons. The van der Waals surface area contributed by atoms with Gasteiger partial charge in [0.2, 0.25) is 0 Å². The van der Waals surface area contributed by atoms with Crippen molar-refractivity contribution < 1.29 is 9.18 Å². The first-order valence-corrected chi connectivity index (χ1v) is 10.9. The number of halogens is 1. The minimum atomic E-state index is -0.303. The highest BCUT2D eigenvalue weighted by Gasteiger charge is 2.10. The average molecular weight is 441 g/mol. The summed E-state index contributed by atoms with van der Waals surface area (Å²) < 4.78 is 13.2. The molecule has 2 N–H and O–H groups in total. The zero-order valence-electron chi connectivity index (χ0n) is 18.3. The van der Waals surface area contributed by atoms with Gasteiger partial charge >= 0.3 is 0 Å². The molecule has 1 heterocycles. The number of benzene rings is 3. The predicted molar refractivity (Wildman–Crippen MR) is 129 cm³/mol. The quantitative estimate of drug-likeness (QED) is 0.365. The Labute approximate surface area is 192 Å². The second-order valence-electron chi connectivity index (χ2n) is 7.87. The lowest BCUT2D eigenvalue weighted by Gasteiger charge is -2.14. The molecule has 0 unspecified atom stereocenters. The Morgan fingerprint density at radius 3 is 2.39 bits per heavy atom. The van der Waals surface area contributed by atoms with E-state index in [1.807, 2.05) is 37.3 Å². The monoisotopic (exact) mass is 440 g/mol. The molecule has 0 aliphatic heterocycles. The summed E-state index contributed by atoms with van der Waals surface area (Å²) in [4.78, 5) is 21.3. The predicted octanol–water partition coefficient (Wildman–Crippen LogP) is 5.78. The highest BCUT2D eigenvalue weighted by Crippen LogP contribution is 2.20. The molecule has 33 heavy (non-hydrogen) atoms. The number of amides is 1. The van der Waals surface area contributed by atoms with Crippen molar-refractivity contribution in [2.75, 3.05) is 5.32 Å². The number of hydrogen-bond donors (Lipinski definition) is 2. The van der Waals surface area contributed by atoms with Crippen LogP contribution in [0.5, 0.6) is 0 Å².